The maximum atomic E-state index is 13.0. The van der Waals surface area contributed by atoms with Gasteiger partial charge in [0.2, 0.25) is 6.79 Å². The predicted molar refractivity (Wildman–Crippen MR) is 104 cm³/mol. The van der Waals surface area contributed by atoms with E-state index in [9.17, 15) is 9.59 Å². The van der Waals surface area contributed by atoms with E-state index in [-0.39, 0.29) is 29.3 Å². The van der Waals surface area contributed by atoms with E-state index in [2.05, 4.69) is 9.97 Å². The highest BCUT2D eigenvalue weighted by molar-refractivity contribution is 6.02. The third-order valence-electron chi connectivity index (χ3n) is 4.77. The van der Waals surface area contributed by atoms with Crippen molar-refractivity contribution in [1.29, 1.82) is 0 Å². The van der Waals surface area contributed by atoms with Gasteiger partial charge in [-0.25, -0.2) is 19.3 Å². The molecule has 0 spiro atoms. The number of fused-ring (bicyclic) bond motifs is 2. The van der Waals surface area contributed by atoms with Crippen LogP contribution in [0.15, 0.2) is 53.3 Å². The highest BCUT2D eigenvalue weighted by Crippen LogP contribution is 2.34. The van der Waals surface area contributed by atoms with Gasteiger partial charge in [0, 0.05) is 18.7 Å². The predicted octanol–water partition coefficient (Wildman–Crippen LogP) is 1.61. The van der Waals surface area contributed by atoms with Crippen LogP contribution in [0.4, 0.5) is 0 Å². The van der Waals surface area contributed by atoms with Gasteiger partial charge in [-0.1, -0.05) is 30.3 Å². The molecule has 5 rings (SSSR count). The molecule has 2 aromatic heterocycles. The van der Waals surface area contributed by atoms with Crippen LogP contribution in [0.25, 0.3) is 28.2 Å². The molecule has 144 valence electrons. The molecule has 3 heterocycles. The van der Waals surface area contributed by atoms with Crippen molar-refractivity contribution in [1.82, 2.24) is 19.1 Å². The number of hydrogen-bond donors (Lipinski definition) is 1. The van der Waals surface area contributed by atoms with Gasteiger partial charge in [0.05, 0.1) is 5.69 Å². The van der Waals surface area contributed by atoms with Gasteiger partial charge in [0.25, 0.3) is 5.91 Å². The normalized spacial score (nSPS) is 12.4. The number of aromatic nitrogens is 4. The molecule has 29 heavy (non-hydrogen) atoms. The van der Waals surface area contributed by atoms with Crippen LogP contribution in [0.1, 0.15) is 10.5 Å². The smallest absolute Gasteiger partial charge is 0.334 e. The van der Waals surface area contributed by atoms with Crippen molar-refractivity contribution in [3.8, 4) is 28.6 Å². The van der Waals surface area contributed by atoms with Gasteiger partial charge >= 0.3 is 5.69 Å². The summed E-state index contributed by atoms with van der Waals surface area (Å²) >= 11 is 0. The number of primary amides is 1. The molecule has 0 saturated carbocycles. The first kappa shape index (κ1) is 17.0. The van der Waals surface area contributed by atoms with Gasteiger partial charge in [-0.05, 0) is 12.1 Å². The minimum atomic E-state index is -0.743. The quantitative estimate of drug-likeness (QED) is 0.569. The topological polar surface area (TPSA) is 114 Å². The zero-order valence-corrected chi connectivity index (χ0v) is 15.3. The van der Waals surface area contributed by atoms with E-state index in [0.717, 1.165) is 0 Å². The van der Waals surface area contributed by atoms with Gasteiger partial charge in [-0.15, -0.1) is 0 Å². The van der Waals surface area contributed by atoms with Crippen LogP contribution in [0.2, 0.25) is 0 Å². The summed E-state index contributed by atoms with van der Waals surface area (Å²) in [5.74, 6) is 0.679. The third-order valence-corrected chi connectivity index (χ3v) is 4.77. The molecule has 0 unspecified atom stereocenters. The van der Waals surface area contributed by atoms with Crippen LogP contribution in [0, 0.1) is 0 Å². The minimum Gasteiger partial charge on any atom is -0.454 e. The zero-order valence-electron chi connectivity index (χ0n) is 15.3. The number of rotatable bonds is 3. The van der Waals surface area contributed by atoms with Crippen LogP contribution < -0.4 is 20.9 Å². The molecule has 1 aliphatic heterocycles. The summed E-state index contributed by atoms with van der Waals surface area (Å²) in [6.07, 6.45) is 0. The van der Waals surface area contributed by atoms with Crippen LogP contribution >= 0.6 is 0 Å². The Labute approximate surface area is 163 Å². The van der Waals surface area contributed by atoms with E-state index in [1.807, 2.05) is 30.3 Å². The first-order valence-corrected chi connectivity index (χ1v) is 8.79. The van der Waals surface area contributed by atoms with Gasteiger partial charge in [0.1, 0.15) is 5.52 Å². The molecule has 9 nitrogen and oxygen atoms in total. The fourth-order valence-corrected chi connectivity index (χ4v) is 3.39. The molecule has 0 radical (unpaired) electrons. The summed E-state index contributed by atoms with van der Waals surface area (Å²) in [5, 5.41) is 0. The second-order valence-corrected chi connectivity index (χ2v) is 6.51. The van der Waals surface area contributed by atoms with E-state index < -0.39 is 5.91 Å². The largest absolute Gasteiger partial charge is 0.454 e. The summed E-state index contributed by atoms with van der Waals surface area (Å²) in [7, 11) is 1.55. The number of nitrogens with two attached hydrogens (primary N) is 1. The molecule has 1 amide bonds. The highest BCUT2D eigenvalue weighted by Gasteiger charge is 2.24. The van der Waals surface area contributed by atoms with Crippen molar-refractivity contribution in [2.45, 2.75) is 0 Å². The van der Waals surface area contributed by atoms with E-state index in [0.29, 0.717) is 28.6 Å². The number of nitrogens with zero attached hydrogens (tertiary/aromatic N) is 4. The number of benzene rings is 2. The Bertz CT molecular complexity index is 1340. The summed E-state index contributed by atoms with van der Waals surface area (Å²) in [5.41, 5.74) is 6.93. The van der Waals surface area contributed by atoms with E-state index >= 15 is 0 Å². The molecule has 0 aliphatic carbocycles. The van der Waals surface area contributed by atoms with Crippen molar-refractivity contribution < 1.29 is 14.3 Å². The lowest BCUT2D eigenvalue weighted by Crippen LogP contribution is -2.21. The molecular weight excluding hydrogens is 374 g/mol. The summed E-state index contributed by atoms with van der Waals surface area (Å²) in [4.78, 5) is 34.1. The Kier molecular flexibility index (Phi) is 3.63. The molecule has 0 atom stereocenters. The van der Waals surface area contributed by atoms with Gasteiger partial charge in [0.15, 0.2) is 28.7 Å². The summed E-state index contributed by atoms with van der Waals surface area (Å²) in [6, 6.07) is 14.3. The average Bonchev–Trinajstić information content (AvgIpc) is 3.30. The standard InChI is InChI=1S/C20H15N5O4/c1-24-16-15(17(21)26)22-18(11-5-3-2-4-6-11)23-19(16)25(20(24)27)12-7-8-13-14(9-12)29-10-28-13/h2-9H,10H2,1H3,(H2,21,26). The number of amides is 1. The summed E-state index contributed by atoms with van der Waals surface area (Å²) in [6.45, 7) is 0.120. The molecule has 0 fully saturated rings. The first-order valence-electron chi connectivity index (χ1n) is 8.79. The molecule has 2 N–H and O–H groups in total. The second-order valence-electron chi connectivity index (χ2n) is 6.51. The van der Waals surface area contributed by atoms with Crippen molar-refractivity contribution in [2.24, 2.45) is 12.8 Å². The SMILES string of the molecule is Cn1c(=O)n(-c2ccc3c(c2)OCO3)c2nc(-c3ccccc3)nc(C(N)=O)c21. The molecule has 0 saturated heterocycles. The van der Waals surface area contributed by atoms with Crippen LogP contribution in [-0.2, 0) is 7.05 Å². The fraction of sp³-hybridized carbons (Fsp3) is 0.100. The molecular formula is C20H15N5O4. The van der Waals surface area contributed by atoms with Crippen LogP contribution in [-0.4, -0.2) is 31.8 Å². The van der Waals surface area contributed by atoms with E-state index in [1.54, 1.807) is 25.2 Å². The number of carbonyl (C=O) groups is 1. The maximum Gasteiger partial charge on any atom is 0.334 e. The Balaban J connectivity index is 1.85. The lowest BCUT2D eigenvalue weighted by Gasteiger charge is -2.07. The van der Waals surface area contributed by atoms with Crippen molar-refractivity contribution in [3.63, 3.8) is 0 Å². The lowest BCUT2D eigenvalue weighted by atomic mass is 10.2. The minimum absolute atomic E-state index is 0.0204. The Hall–Kier alpha value is -4.14. The van der Waals surface area contributed by atoms with E-state index in [4.69, 9.17) is 15.2 Å². The number of imidazole rings is 1. The summed E-state index contributed by atoms with van der Waals surface area (Å²) < 4.78 is 13.5. The number of hydrogen-bond acceptors (Lipinski definition) is 6. The van der Waals surface area contributed by atoms with Gasteiger partial charge in [-0.3, -0.25) is 9.36 Å². The van der Waals surface area contributed by atoms with Gasteiger partial charge < -0.3 is 15.2 Å². The number of carbonyl (C=O) groups excluding carboxylic acids is 1. The van der Waals surface area contributed by atoms with Crippen LogP contribution in [0.3, 0.4) is 0 Å². The van der Waals surface area contributed by atoms with Crippen molar-refractivity contribution >= 4 is 17.1 Å². The molecule has 1 aliphatic rings. The Morgan fingerprint density at radius 2 is 1.83 bits per heavy atom. The molecule has 0 bridgehead atoms. The third kappa shape index (κ3) is 2.55. The fourth-order valence-electron chi connectivity index (χ4n) is 3.39. The number of aryl methyl sites for hydroxylation is 1. The Morgan fingerprint density at radius 1 is 1.07 bits per heavy atom. The molecule has 9 heteroatoms. The molecule has 4 aromatic rings. The maximum absolute atomic E-state index is 13.0. The molecule has 2 aromatic carbocycles. The zero-order chi connectivity index (χ0) is 20.1. The average molecular weight is 389 g/mol. The Morgan fingerprint density at radius 3 is 2.59 bits per heavy atom. The van der Waals surface area contributed by atoms with Gasteiger partial charge in [-0.2, -0.15) is 0 Å². The van der Waals surface area contributed by atoms with Crippen molar-refractivity contribution in [2.75, 3.05) is 6.79 Å². The first-order chi connectivity index (χ1) is 14.0. The highest BCUT2D eigenvalue weighted by atomic mass is 16.7. The van der Waals surface area contributed by atoms with Crippen LogP contribution in [0.5, 0.6) is 11.5 Å². The monoisotopic (exact) mass is 389 g/mol. The van der Waals surface area contributed by atoms with E-state index in [1.165, 1.54) is 9.13 Å². The number of ether oxygens (including phenoxy) is 2. The lowest BCUT2D eigenvalue weighted by molar-refractivity contribution is 0.0997. The van der Waals surface area contributed by atoms with Crippen molar-refractivity contribution in [3.05, 3.63) is 64.7 Å². The second kappa shape index (κ2) is 6.20.